The number of nitrogens with zero attached hydrogens (tertiary/aromatic N) is 1. The Morgan fingerprint density at radius 3 is 2.47 bits per heavy atom. The number of aryl methyl sites for hydroxylation is 3. The molecule has 102 valence electrons. The minimum Gasteiger partial charge on any atom is -0.478 e. The number of benzene rings is 1. The fraction of sp³-hybridized carbons (Fsp3) is 0.438. The number of fused-ring (bicyclic) bond motifs is 1. The van der Waals surface area contributed by atoms with Gasteiger partial charge in [-0.1, -0.05) is 13.3 Å². The second kappa shape index (κ2) is 5.08. The van der Waals surface area contributed by atoms with Crippen LogP contribution in [0.4, 0.5) is 0 Å². The molecule has 0 bridgehead atoms. The van der Waals surface area contributed by atoms with Crippen molar-refractivity contribution < 1.29 is 9.90 Å². The molecule has 0 aliphatic heterocycles. The first-order chi connectivity index (χ1) is 9.01. The van der Waals surface area contributed by atoms with E-state index in [1.807, 2.05) is 6.92 Å². The average molecular weight is 259 g/mol. The topological polar surface area (TPSA) is 42.2 Å². The molecule has 0 amide bonds. The van der Waals surface area contributed by atoms with Crippen LogP contribution in [0.15, 0.2) is 12.1 Å². The van der Waals surface area contributed by atoms with Crippen LogP contribution in [0, 0.1) is 13.8 Å². The highest BCUT2D eigenvalue weighted by Crippen LogP contribution is 2.31. The summed E-state index contributed by atoms with van der Waals surface area (Å²) in [4.78, 5) is 11.5. The molecule has 0 fully saturated rings. The van der Waals surface area contributed by atoms with Crippen LogP contribution in [0.5, 0.6) is 0 Å². The van der Waals surface area contributed by atoms with E-state index >= 15 is 0 Å². The lowest BCUT2D eigenvalue weighted by atomic mass is 10.0. The molecule has 0 radical (unpaired) electrons. The third kappa shape index (κ3) is 2.14. The standard InChI is InChI=1S/C16H21NO2/c1-5-7-12-11(4)17(6-2)15-13(12)8-10(3)9-14(15)16(18)19/h8-9H,5-7H2,1-4H3,(H,18,19). The van der Waals surface area contributed by atoms with Crippen LogP contribution in [0.3, 0.4) is 0 Å². The summed E-state index contributed by atoms with van der Waals surface area (Å²) in [6, 6.07) is 3.89. The molecule has 3 nitrogen and oxygen atoms in total. The minimum atomic E-state index is -0.844. The first kappa shape index (κ1) is 13.7. The van der Waals surface area contributed by atoms with E-state index in [1.54, 1.807) is 6.07 Å². The maximum absolute atomic E-state index is 11.5. The van der Waals surface area contributed by atoms with Gasteiger partial charge in [-0.05, 0) is 50.5 Å². The monoisotopic (exact) mass is 259 g/mol. The van der Waals surface area contributed by atoms with Crippen LogP contribution in [0.2, 0.25) is 0 Å². The molecule has 0 atom stereocenters. The number of carboxylic acid groups (broad SMARTS) is 1. The summed E-state index contributed by atoms with van der Waals surface area (Å²) in [5, 5.41) is 10.6. The lowest BCUT2D eigenvalue weighted by Crippen LogP contribution is -2.04. The number of rotatable bonds is 4. The van der Waals surface area contributed by atoms with Gasteiger partial charge in [-0.25, -0.2) is 4.79 Å². The molecule has 0 unspecified atom stereocenters. The number of hydrogen-bond donors (Lipinski definition) is 1. The van der Waals surface area contributed by atoms with E-state index in [2.05, 4.69) is 31.4 Å². The molecule has 1 heterocycles. The lowest BCUT2D eigenvalue weighted by molar-refractivity contribution is 0.0698. The molecule has 19 heavy (non-hydrogen) atoms. The number of hydrogen-bond acceptors (Lipinski definition) is 1. The van der Waals surface area contributed by atoms with Crippen molar-refractivity contribution in [2.24, 2.45) is 0 Å². The van der Waals surface area contributed by atoms with Gasteiger partial charge in [0.25, 0.3) is 0 Å². The molecule has 2 rings (SSSR count). The zero-order valence-electron chi connectivity index (χ0n) is 12.1. The molecule has 1 N–H and O–H groups in total. The second-order valence-electron chi connectivity index (χ2n) is 5.07. The van der Waals surface area contributed by atoms with Gasteiger partial charge in [0.1, 0.15) is 0 Å². The van der Waals surface area contributed by atoms with Gasteiger partial charge >= 0.3 is 5.97 Å². The summed E-state index contributed by atoms with van der Waals surface area (Å²) < 4.78 is 2.13. The highest BCUT2D eigenvalue weighted by molar-refractivity contribution is 6.04. The average Bonchev–Trinajstić information content (AvgIpc) is 2.62. The zero-order valence-corrected chi connectivity index (χ0v) is 12.1. The maximum atomic E-state index is 11.5. The largest absolute Gasteiger partial charge is 0.478 e. The summed E-state index contributed by atoms with van der Waals surface area (Å²) in [7, 11) is 0. The van der Waals surface area contributed by atoms with Crippen molar-refractivity contribution in [3.63, 3.8) is 0 Å². The zero-order chi connectivity index (χ0) is 14.2. The molecular formula is C16H21NO2. The van der Waals surface area contributed by atoms with Crippen LogP contribution in [-0.2, 0) is 13.0 Å². The summed E-state index contributed by atoms with van der Waals surface area (Å²) in [5.41, 5.74) is 4.80. The van der Waals surface area contributed by atoms with E-state index in [-0.39, 0.29) is 0 Å². The van der Waals surface area contributed by atoms with Crippen LogP contribution < -0.4 is 0 Å². The van der Waals surface area contributed by atoms with Crippen molar-refractivity contribution in [1.29, 1.82) is 0 Å². The van der Waals surface area contributed by atoms with E-state index < -0.39 is 5.97 Å². The van der Waals surface area contributed by atoms with E-state index in [0.717, 1.165) is 35.9 Å². The van der Waals surface area contributed by atoms with Gasteiger partial charge in [0, 0.05) is 17.6 Å². The highest BCUT2D eigenvalue weighted by Gasteiger charge is 2.19. The molecule has 1 aromatic carbocycles. The number of aromatic carboxylic acids is 1. The molecule has 2 aromatic rings. The second-order valence-corrected chi connectivity index (χ2v) is 5.07. The molecular weight excluding hydrogens is 238 g/mol. The maximum Gasteiger partial charge on any atom is 0.337 e. The number of aromatic nitrogens is 1. The Morgan fingerprint density at radius 1 is 1.26 bits per heavy atom. The van der Waals surface area contributed by atoms with Crippen molar-refractivity contribution in [1.82, 2.24) is 4.57 Å². The molecule has 0 aliphatic rings. The Balaban J connectivity index is 2.92. The van der Waals surface area contributed by atoms with Crippen LogP contribution >= 0.6 is 0 Å². The third-order valence-electron chi connectivity index (χ3n) is 3.74. The smallest absolute Gasteiger partial charge is 0.337 e. The predicted molar refractivity (Wildman–Crippen MR) is 78.0 cm³/mol. The Bertz CT molecular complexity index is 638. The first-order valence-electron chi connectivity index (χ1n) is 6.86. The third-order valence-corrected chi connectivity index (χ3v) is 3.74. The van der Waals surface area contributed by atoms with Gasteiger partial charge in [-0.3, -0.25) is 0 Å². The summed E-state index contributed by atoms with van der Waals surface area (Å²) in [6.07, 6.45) is 2.07. The number of carboxylic acids is 1. The minimum absolute atomic E-state index is 0.419. The van der Waals surface area contributed by atoms with Crippen molar-refractivity contribution >= 4 is 16.9 Å². The molecule has 0 saturated carbocycles. The van der Waals surface area contributed by atoms with Crippen molar-refractivity contribution in [3.8, 4) is 0 Å². The van der Waals surface area contributed by atoms with Crippen LogP contribution in [-0.4, -0.2) is 15.6 Å². The molecule has 0 spiro atoms. The lowest BCUT2D eigenvalue weighted by Gasteiger charge is -2.07. The van der Waals surface area contributed by atoms with Gasteiger partial charge in [-0.2, -0.15) is 0 Å². The Hall–Kier alpha value is -1.77. The first-order valence-corrected chi connectivity index (χ1v) is 6.86. The van der Waals surface area contributed by atoms with Crippen molar-refractivity contribution in [2.75, 3.05) is 0 Å². The molecule has 1 aromatic heterocycles. The highest BCUT2D eigenvalue weighted by atomic mass is 16.4. The van der Waals surface area contributed by atoms with Gasteiger partial charge < -0.3 is 9.67 Å². The normalized spacial score (nSPS) is 11.2. The fourth-order valence-corrected chi connectivity index (χ4v) is 2.95. The quantitative estimate of drug-likeness (QED) is 0.904. The van der Waals surface area contributed by atoms with Gasteiger partial charge in [0.2, 0.25) is 0 Å². The van der Waals surface area contributed by atoms with E-state index in [0.29, 0.717) is 5.56 Å². The molecule has 3 heteroatoms. The van der Waals surface area contributed by atoms with Crippen molar-refractivity contribution in [2.45, 2.75) is 47.1 Å². The van der Waals surface area contributed by atoms with Crippen molar-refractivity contribution in [3.05, 3.63) is 34.5 Å². The summed E-state index contributed by atoms with van der Waals surface area (Å²) >= 11 is 0. The van der Waals surface area contributed by atoms with E-state index in [9.17, 15) is 9.90 Å². The fourth-order valence-electron chi connectivity index (χ4n) is 2.95. The predicted octanol–water partition coefficient (Wildman–Crippen LogP) is 3.93. The van der Waals surface area contributed by atoms with Gasteiger partial charge in [0.05, 0.1) is 11.1 Å². The van der Waals surface area contributed by atoms with E-state index in [1.165, 1.54) is 11.3 Å². The molecule has 0 saturated heterocycles. The summed E-state index contributed by atoms with van der Waals surface area (Å²) in [5.74, 6) is -0.844. The van der Waals surface area contributed by atoms with Crippen LogP contribution in [0.1, 0.15) is 47.4 Å². The Labute approximate surface area is 113 Å². The SMILES string of the molecule is CCCc1c(C)n(CC)c2c(C(=O)O)cc(C)cc12. The number of carbonyl (C=O) groups is 1. The van der Waals surface area contributed by atoms with Crippen LogP contribution in [0.25, 0.3) is 10.9 Å². The Kier molecular flexibility index (Phi) is 3.65. The van der Waals surface area contributed by atoms with Gasteiger partial charge in [-0.15, -0.1) is 0 Å². The summed E-state index contributed by atoms with van der Waals surface area (Å²) in [6.45, 7) is 9.07. The Morgan fingerprint density at radius 2 is 1.95 bits per heavy atom. The van der Waals surface area contributed by atoms with E-state index in [4.69, 9.17) is 0 Å². The molecule has 0 aliphatic carbocycles. The van der Waals surface area contributed by atoms with Gasteiger partial charge in [0.15, 0.2) is 0 Å².